The summed E-state index contributed by atoms with van der Waals surface area (Å²) in [5, 5.41) is 3.75. The van der Waals surface area contributed by atoms with E-state index in [2.05, 4.69) is 66.5 Å². The molecule has 106 valence electrons. The second kappa shape index (κ2) is 6.92. The highest BCUT2D eigenvalue weighted by Gasteiger charge is 2.20. The molecule has 0 saturated carbocycles. The van der Waals surface area contributed by atoms with Crippen LogP contribution in [0, 0.1) is 0 Å². The van der Waals surface area contributed by atoms with Crippen molar-refractivity contribution in [3.05, 3.63) is 30.3 Å². The zero-order valence-corrected chi connectivity index (χ0v) is 12.5. The first kappa shape index (κ1) is 14.4. The summed E-state index contributed by atoms with van der Waals surface area (Å²) < 4.78 is 0. The average Bonchev–Trinajstić information content (AvgIpc) is 2.39. The molecule has 3 nitrogen and oxygen atoms in total. The van der Waals surface area contributed by atoms with Crippen LogP contribution in [-0.4, -0.2) is 50.7 Å². The highest BCUT2D eigenvalue weighted by Crippen LogP contribution is 2.19. The van der Waals surface area contributed by atoms with Gasteiger partial charge < -0.3 is 15.1 Å². The van der Waals surface area contributed by atoms with Crippen LogP contribution in [0.2, 0.25) is 0 Å². The maximum Gasteiger partial charge on any atom is 0.0366 e. The van der Waals surface area contributed by atoms with Crippen molar-refractivity contribution in [3.8, 4) is 0 Å². The van der Waals surface area contributed by atoms with Gasteiger partial charge in [0.1, 0.15) is 0 Å². The molecule has 1 unspecified atom stereocenters. The number of likely N-dealkylation sites (N-methyl/N-ethyl adjacent to an activating group) is 1. The molecule has 0 bridgehead atoms. The molecule has 1 N–H and O–H groups in total. The average molecular weight is 261 g/mol. The van der Waals surface area contributed by atoms with Gasteiger partial charge in [-0.3, -0.25) is 0 Å². The first-order chi connectivity index (χ1) is 9.15. The number of anilines is 1. The highest BCUT2D eigenvalue weighted by molar-refractivity contribution is 5.46. The van der Waals surface area contributed by atoms with E-state index in [-0.39, 0.29) is 0 Å². The molecule has 19 heavy (non-hydrogen) atoms. The van der Waals surface area contributed by atoms with Gasteiger partial charge in [-0.25, -0.2) is 0 Å². The standard InChI is InChI=1S/C16H27N3/c1-14(13-18(2)3)17-15-9-11-19(12-10-15)16-7-5-4-6-8-16/h4-8,14-15,17H,9-13H2,1-3H3. The van der Waals surface area contributed by atoms with Crippen molar-refractivity contribution in [1.82, 2.24) is 10.2 Å². The summed E-state index contributed by atoms with van der Waals surface area (Å²) in [7, 11) is 4.27. The van der Waals surface area contributed by atoms with Gasteiger partial charge >= 0.3 is 0 Å². The number of rotatable bonds is 5. The minimum Gasteiger partial charge on any atom is -0.371 e. The number of hydrogen-bond acceptors (Lipinski definition) is 3. The first-order valence-electron chi connectivity index (χ1n) is 7.36. The van der Waals surface area contributed by atoms with Gasteiger partial charge in [0.15, 0.2) is 0 Å². The highest BCUT2D eigenvalue weighted by atomic mass is 15.2. The van der Waals surface area contributed by atoms with E-state index in [0.717, 1.165) is 19.6 Å². The Morgan fingerprint density at radius 2 is 1.84 bits per heavy atom. The molecule has 1 aromatic carbocycles. The third-order valence-corrected chi connectivity index (χ3v) is 3.78. The van der Waals surface area contributed by atoms with Gasteiger partial charge in [0.2, 0.25) is 0 Å². The van der Waals surface area contributed by atoms with Crippen LogP contribution in [0.25, 0.3) is 0 Å². The number of hydrogen-bond donors (Lipinski definition) is 1. The van der Waals surface area contributed by atoms with Crippen molar-refractivity contribution in [1.29, 1.82) is 0 Å². The quantitative estimate of drug-likeness (QED) is 0.876. The van der Waals surface area contributed by atoms with Crippen LogP contribution < -0.4 is 10.2 Å². The van der Waals surface area contributed by atoms with E-state index in [1.54, 1.807) is 0 Å². The van der Waals surface area contributed by atoms with Crippen molar-refractivity contribution < 1.29 is 0 Å². The van der Waals surface area contributed by atoms with Crippen molar-refractivity contribution in [3.63, 3.8) is 0 Å². The van der Waals surface area contributed by atoms with Crippen LogP contribution in [0.15, 0.2) is 30.3 Å². The molecule has 1 aromatic rings. The third-order valence-electron chi connectivity index (χ3n) is 3.78. The van der Waals surface area contributed by atoms with Crippen LogP contribution in [0.3, 0.4) is 0 Å². The minimum absolute atomic E-state index is 0.572. The molecule has 1 atom stereocenters. The molecule has 1 saturated heterocycles. The van der Waals surface area contributed by atoms with Crippen LogP contribution in [0.5, 0.6) is 0 Å². The van der Waals surface area contributed by atoms with E-state index in [9.17, 15) is 0 Å². The molecule has 0 radical (unpaired) electrons. The summed E-state index contributed by atoms with van der Waals surface area (Å²) in [6.45, 7) is 5.72. The summed E-state index contributed by atoms with van der Waals surface area (Å²) in [5.74, 6) is 0. The van der Waals surface area contributed by atoms with Gasteiger partial charge in [-0.1, -0.05) is 18.2 Å². The SMILES string of the molecule is CC(CN(C)C)NC1CCN(c2ccccc2)CC1. The molecule has 1 aliphatic heterocycles. The molecule has 0 amide bonds. The smallest absolute Gasteiger partial charge is 0.0366 e. The Bertz CT molecular complexity index is 356. The topological polar surface area (TPSA) is 18.5 Å². The lowest BCUT2D eigenvalue weighted by molar-refractivity contribution is 0.307. The van der Waals surface area contributed by atoms with E-state index in [0.29, 0.717) is 12.1 Å². The van der Waals surface area contributed by atoms with E-state index in [4.69, 9.17) is 0 Å². The van der Waals surface area contributed by atoms with Crippen molar-refractivity contribution in [2.24, 2.45) is 0 Å². The van der Waals surface area contributed by atoms with Gasteiger partial charge in [-0.15, -0.1) is 0 Å². The molecule has 1 fully saturated rings. The Morgan fingerprint density at radius 3 is 2.42 bits per heavy atom. The summed E-state index contributed by atoms with van der Waals surface area (Å²) in [6.07, 6.45) is 2.49. The molecule has 3 heteroatoms. The Hall–Kier alpha value is -1.06. The second-order valence-corrected chi connectivity index (χ2v) is 5.93. The molecule has 0 spiro atoms. The Kier molecular flexibility index (Phi) is 5.23. The van der Waals surface area contributed by atoms with Gasteiger partial charge in [0.25, 0.3) is 0 Å². The maximum atomic E-state index is 3.75. The first-order valence-corrected chi connectivity index (χ1v) is 7.36. The number of piperidine rings is 1. The van der Waals surface area contributed by atoms with Crippen LogP contribution in [0.4, 0.5) is 5.69 Å². The van der Waals surface area contributed by atoms with Crippen molar-refractivity contribution in [2.75, 3.05) is 38.6 Å². The maximum absolute atomic E-state index is 3.75. The van der Waals surface area contributed by atoms with Crippen LogP contribution in [0.1, 0.15) is 19.8 Å². The number of benzene rings is 1. The normalized spacial score (nSPS) is 18.8. The molecule has 1 aliphatic rings. The number of para-hydroxylation sites is 1. The fourth-order valence-electron chi connectivity index (χ4n) is 2.95. The summed E-state index contributed by atoms with van der Waals surface area (Å²) >= 11 is 0. The van der Waals surface area contributed by atoms with Gasteiger partial charge in [-0.2, -0.15) is 0 Å². The van der Waals surface area contributed by atoms with E-state index < -0.39 is 0 Å². The predicted molar refractivity (Wildman–Crippen MR) is 82.8 cm³/mol. The summed E-state index contributed by atoms with van der Waals surface area (Å²) in [6, 6.07) is 12.0. The van der Waals surface area contributed by atoms with Crippen LogP contribution >= 0.6 is 0 Å². The van der Waals surface area contributed by atoms with Crippen molar-refractivity contribution in [2.45, 2.75) is 31.8 Å². The van der Waals surface area contributed by atoms with E-state index in [1.807, 2.05) is 0 Å². The minimum atomic E-state index is 0.572. The Balaban J connectivity index is 1.76. The fraction of sp³-hybridized carbons (Fsp3) is 0.625. The molecule has 0 aromatic heterocycles. The second-order valence-electron chi connectivity index (χ2n) is 5.93. The molecular formula is C16H27N3. The zero-order valence-electron chi connectivity index (χ0n) is 12.5. The summed E-state index contributed by atoms with van der Waals surface area (Å²) in [5.41, 5.74) is 1.36. The zero-order chi connectivity index (χ0) is 13.7. The fourth-order valence-corrected chi connectivity index (χ4v) is 2.95. The number of nitrogens with one attached hydrogen (secondary N) is 1. The van der Waals surface area contributed by atoms with Crippen molar-refractivity contribution >= 4 is 5.69 Å². The van der Waals surface area contributed by atoms with E-state index in [1.165, 1.54) is 18.5 Å². The molecule has 2 rings (SSSR count). The molecule has 1 heterocycles. The van der Waals surface area contributed by atoms with E-state index >= 15 is 0 Å². The van der Waals surface area contributed by atoms with Gasteiger partial charge in [-0.05, 0) is 46.0 Å². The van der Waals surface area contributed by atoms with Crippen LogP contribution in [-0.2, 0) is 0 Å². The third kappa shape index (κ3) is 4.51. The monoisotopic (exact) mass is 261 g/mol. The Labute approximate surface area is 117 Å². The van der Waals surface area contributed by atoms with Gasteiger partial charge in [0, 0.05) is 37.4 Å². The number of nitrogens with zero attached hydrogens (tertiary/aromatic N) is 2. The predicted octanol–water partition coefficient (Wildman–Crippen LogP) is 2.20. The summed E-state index contributed by atoms with van der Waals surface area (Å²) in [4.78, 5) is 4.74. The molecule has 0 aliphatic carbocycles. The van der Waals surface area contributed by atoms with Gasteiger partial charge in [0.05, 0.1) is 0 Å². The Morgan fingerprint density at radius 1 is 1.21 bits per heavy atom. The lowest BCUT2D eigenvalue weighted by Crippen LogP contribution is -2.47. The molecular weight excluding hydrogens is 234 g/mol. The lowest BCUT2D eigenvalue weighted by atomic mass is 10.0. The largest absolute Gasteiger partial charge is 0.371 e. The lowest BCUT2D eigenvalue weighted by Gasteiger charge is -2.35.